The first-order chi connectivity index (χ1) is 4.23. The molecule has 9 heavy (non-hydrogen) atoms. The molecule has 0 aromatic rings. The van der Waals surface area contributed by atoms with Crippen LogP contribution in [0.25, 0.3) is 0 Å². The van der Waals surface area contributed by atoms with E-state index >= 15 is 0 Å². The monoisotopic (exact) mass is 160 g/mol. The fourth-order valence-electron chi connectivity index (χ4n) is 0.927. The Morgan fingerprint density at radius 3 is 1.78 bits per heavy atom. The molecule has 0 amide bonds. The van der Waals surface area contributed by atoms with E-state index in [0.29, 0.717) is 5.41 Å². The van der Waals surface area contributed by atoms with E-state index in [1.807, 2.05) is 0 Å². The summed E-state index contributed by atoms with van der Waals surface area (Å²) in [5, 5.41) is 1.02. The van der Waals surface area contributed by atoms with E-state index in [2.05, 4.69) is 20.8 Å². The van der Waals surface area contributed by atoms with Crippen LogP contribution in [0.5, 0.6) is 0 Å². The third-order valence-corrected chi connectivity index (χ3v) is 5.56. The van der Waals surface area contributed by atoms with Crippen LogP contribution in [0.15, 0.2) is 0 Å². The Morgan fingerprint density at radius 2 is 1.67 bits per heavy atom. The fraction of sp³-hybridized carbons (Fsp3) is 1.00. The Hall–Kier alpha value is 0.600. The third-order valence-electron chi connectivity index (χ3n) is 2.47. The normalized spacial score (nSPS) is 28.1. The van der Waals surface area contributed by atoms with E-state index < -0.39 is 0 Å². The maximum Gasteiger partial charge on any atom is 0.0561 e. The van der Waals surface area contributed by atoms with Crippen LogP contribution in [-0.2, 0) is 0 Å². The van der Waals surface area contributed by atoms with Crippen molar-refractivity contribution in [2.24, 2.45) is 5.41 Å². The van der Waals surface area contributed by atoms with Crippen molar-refractivity contribution in [1.82, 2.24) is 0 Å². The van der Waals surface area contributed by atoms with Gasteiger partial charge in [0.05, 0.1) is 5.40 Å². The molecule has 0 nitrogen and oxygen atoms in total. The second-order valence-corrected chi connectivity index (χ2v) is 6.25. The average Bonchev–Trinajstić information content (AvgIpc) is 2.68. The van der Waals surface area contributed by atoms with Crippen molar-refractivity contribution in [1.29, 1.82) is 0 Å². The van der Waals surface area contributed by atoms with E-state index in [1.165, 1.54) is 12.8 Å². The lowest BCUT2D eigenvalue weighted by Gasteiger charge is -2.24. The number of hydrogen-bond donors (Lipinski definition) is 0. The summed E-state index contributed by atoms with van der Waals surface area (Å²) in [7, 11) is 3.36. The van der Waals surface area contributed by atoms with Gasteiger partial charge in [0, 0.05) is 0 Å². The van der Waals surface area contributed by atoms with Gasteiger partial charge in [-0.15, -0.1) is 0 Å². The molecule has 0 atom stereocenters. The molecule has 1 rings (SSSR count). The molecule has 0 aromatic heterocycles. The molecule has 0 unspecified atom stereocenters. The third kappa shape index (κ3) is 1.54. The van der Waals surface area contributed by atoms with Crippen molar-refractivity contribution < 1.29 is 0 Å². The van der Waals surface area contributed by atoms with Gasteiger partial charge in [-0.3, -0.25) is 0 Å². The van der Waals surface area contributed by atoms with Crippen molar-refractivity contribution >= 4 is 15.7 Å². The van der Waals surface area contributed by atoms with Crippen molar-refractivity contribution in [3.8, 4) is 0 Å². The lowest BCUT2D eigenvalue weighted by atomic mass is 9.87. The summed E-state index contributed by atoms with van der Waals surface area (Å²) in [6.07, 6.45) is 2.71. The van der Waals surface area contributed by atoms with E-state index in [-0.39, 0.29) is 0 Å². The molecule has 1 aliphatic heterocycles. The minimum atomic E-state index is 0.670. The summed E-state index contributed by atoms with van der Waals surface area (Å²) in [5.41, 5.74) is 0.670. The molecule has 0 spiro atoms. The second-order valence-electron chi connectivity index (χ2n) is 2.97. The SMILES string of the molecule is CCC(C)(CC)C1P=P1. The van der Waals surface area contributed by atoms with Crippen molar-refractivity contribution in [2.45, 2.75) is 39.0 Å². The topological polar surface area (TPSA) is 0 Å². The van der Waals surface area contributed by atoms with E-state index in [1.54, 1.807) is 15.7 Å². The highest BCUT2D eigenvalue weighted by Crippen LogP contribution is 2.59. The second kappa shape index (κ2) is 2.69. The molecule has 1 heterocycles. The number of hydrogen-bond acceptors (Lipinski definition) is 0. The lowest BCUT2D eigenvalue weighted by molar-refractivity contribution is 0.333. The molecular formula is C7H14P2. The Kier molecular flexibility index (Phi) is 2.30. The lowest BCUT2D eigenvalue weighted by Crippen LogP contribution is -2.18. The van der Waals surface area contributed by atoms with Gasteiger partial charge < -0.3 is 0 Å². The van der Waals surface area contributed by atoms with Gasteiger partial charge in [0.1, 0.15) is 0 Å². The van der Waals surface area contributed by atoms with E-state index in [4.69, 9.17) is 0 Å². The van der Waals surface area contributed by atoms with Crippen molar-refractivity contribution in [2.75, 3.05) is 0 Å². The fourth-order valence-corrected chi connectivity index (χ4v) is 4.15. The zero-order chi connectivity index (χ0) is 6.91. The summed E-state index contributed by atoms with van der Waals surface area (Å²) in [6.45, 7) is 7.05. The van der Waals surface area contributed by atoms with Crippen LogP contribution < -0.4 is 0 Å². The van der Waals surface area contributed by atoms with Crippen LogP contribution in [0.1, 0.15) is 33.6 Å². The Balaban J connectivity index is 2.44. The summed E-state index contributed by atoms with van der Waals surface area (Å²) in [4.78, 5) is 0. The van der Waals surface area contributed by atoms with Crippen LogP contribution in [0.4, 0.5) is 0 Å². The largest absolute Gasteiger partial charge is 0.0648 e. The molecule has 0 aliphatic carbocycles. The predicted molar refractivity (Wildman–Crippen MR) is 46.3 cm³/mol. The molecule has 0 saturated heterocycles. The number of rotatable bonds is 3. The maximum absolute atomic E-state index is 2.42. The van der Waals surface area contributed by atoms with Gasteiger partial charge in [-0.2, -0.15) is 0 Å². The summed E-state index contributed by atoms with van der Waals surface area (Å²) in [5.74, 6) is 0. The zero-order valence-electron chi connectivity index (χ0n) is 6.39. The molecule has 0 bridgehead atoms. The Bertz CT molecular complexity index is 119. The molecule has 0 fully saturated rings. The highest BCUT2D eigenvalue weighted by atomic mass is 31.8. The Morgan fingerprint density at radius 1 is 1.22 bits per heavy atom. The van der Waals surface area contributed by atoms with Crippen molar-refractivity contribution in [3.05, 3.63) is 0 Å². The average molecular weight is 160 g/mol. The van der Waals surface area contributed by atoms with Gasteiger partial charge in [0.15, 0.2) is 0 Å². The summed E-state index contributed by atoms with van der Waals surface area (Å²) in [6, 6.07) is 0. The molecule has 0 aromatic carbocycles. The Labute approximate surface area is 60.8 Å². The van der Waals surface area contributed by atoms with Crippen molar-refractivity contribution in [3.63, 3.8) is 0 Å². The van der Waals surface area contributed by atoms with Gasteiger partial charge in [-0.05, 0) is 18.3 Å². The first-order valence-corrected chi connectivity index (χ1v) is 6.26. The molecule has 1 aliphatic rings. The van der Waals surface area contributed by atoms with Gasteiger partial charge >= 0.3 is 0 Å². The van der Waals surface area contributed by atoms with Gasteiger partial charge in [0.2, 0.25) is 0 Å². The molecule has 2 heteroatoms. The van der Waals surface area contributed by atoms with Gasteiger partial charge in [0.25, 0.3) is 0 Å². The zero-order valence-corrected chi connectivity index (χ0v) is 8.17. The van der Waals surface area contributed by atoms with Crippen LogP contribution >= 0.6 is 15.7 Å². The van der Waals surface area contributed by atoms with E-state index in [9.17, 15) is 0 Å². The van der Waals surface area contributed by atoms with Gasteiger partial charge in [-0.1, -0.05) is 36.5 Å². The molecular weight excluding hydrogens is 146 g/mol. The van der Waals surface area contributed by atoms with E-state index in [0.717, 1.165) is 5.40 Å². The molecule has 0 saturated carbocycles. The maximum atomic E-state index is 2.42. The first kappa shape index (κ1) is 7.70. The highest BCUT2D eigenvalue weighted by Gasteiger charge is 2.34. The standard InChI is InChI=1S/C7H14P2/c1-4-7(3,5-2)6-8-9-6/h6H,4-5H2,1-3H3. The van der Waals surface area contributed by atoms with Crippen LogP contribution in [0.3, 0.4) is 0 Å². The van der Waals surface area contributed by atoms with Gasteiger partial charge in [-0.25, -0.2) is 0 Å². The highest BCUT2D eigenvalue weighted by molar-refractivity contribution is 8.02. The summed E-state index contributed by atoms with van der Waals surface area (Å²) >= 11 is 0. The predicted octanol–water partition coefficient (Wildman–Crippen LogP) is 3.96. The van der Waals surface area contributed by atoms with Crippen LogP contribution in [0, 0.1) is 5.41 Å². The molecule has 0 N–H and O–H groups in total. The van der Waals surface area contributed by atoms with Crippen LogP contribution in [0.2, 0.25) is 0 Å². The first-order valence-electron chi connectivity index (χ1n) is 3.63. The minimum Gasteiger partial charge on any atom is -0.0648 e. The smallest absolute Gasteiger partial charge is 0.0561 e. The molecule has 52 valence electrons. The minimum absolute atomic E-state index is 0.670. The molecule has 0 radical (unpaired) electrons. The quantitative estimate of drug-likeness (QED) is 0.548. The van der Waals surface area contributed by atoms with Crippen LogP contribution in [-0.4, -0.2) is 5.40 Å². The summed E-state index contributed by atoms with van der Waals surface area (Å²) < 4.78 is 0.